The summed E-state index contributed by atoms with van der Waals surface area (Å²) < 4.78 is 4.97. The molecule has 0 radical (unpaired) electrons. The summed E-state index contributed by atoms with van der Waals surface area (Å²) in [7, 11) is 0. The van der Waals surface area contributed by atoms with Crippen LogP contribution in [0.1, 0.15) is 30.9 Å². The fourth-order valence-electron chi connectivity index (χ4n) is 3.39. The third-order valence-electron chi connectivity index (χ3n) is 4.91. The van der Waals surface area contributed by atoms with Crippen LogP contribution in [0.4, 0.5) is 0 Å². The number of cyclic esters (lactones) is 1. The lowest BCUT2D eigenvalue weighted by atomic mass is 9.95. The lowest BCUT2D eigenvalue weighted by Gasteiger charge is -2.33. The van der Waals surface area contributed by atoms with Crippen molar-refractivity contribution < 1.29 is 14.6 Å². The highest BCUT2D eigenvalue weighted by Crippen LogP contribution is 2.20. The molecule has 1 aromatic rings. The number of nitrogens with zero attached hydrogens (tertiary/aromatic N) is 1. The van der Waals surface area contributed by atoms with Gasteiger partial charge in [-0.2, -0.15) is 0 Å². The monoisotopic (exact) mass is 318 g/mol. The molecule has 0 unspecified atom stereocenters. The Bertz CT molecular complexity index is 500. The number of β-amino-alcohol motifs (C(OH)–C–C–N with tert-alkyl or cyclic N) is 1. The zero-order valence-corrected chi connectivity index (χ0v) is 13.5. The minimum atomic E-state index is -0.417. The van der Waals surface area contributed by atoms with Gasteiger partial charge >= 0.3 is 5.97 Å². The van der Waals surface area contributed by atoms with Crippen LogP contribution in [-0.2, 0) is 9.53 Å². The van der Waals surface area contributed by atoms with E-state index in [4.69, 9.17) is 4.74 Å². The maximum atomic E-state index is 11.4. The number of hydrogen-bond acceptors (Lipinski definition) is 5. The zero-order chi connectivity index (χ0) is 16.1. The second kappa shape index (κ2) is 7.90. The van der Waals surface area contributed by atoms with Crippen LogP contribution >= 0.6 is 0 Å². The van der Waals surface area contributed by atoms with E-state index in [1.165, 1.54) is 0 Å². The number of carbonyl (C=O) groups is 1. The van der Waals surface area contributed by atoms with Gasteiger partial charge in [0, 0.05) is 13.0 Å². The highest BCUT2D eigenvalue weighted by Gasteiger charge is 2.28. The van der Waals surface area contributed by atoms with Crippen molar-refractivity contribution >= 4 is 5.97 Å². The Hall–Kier alpha value is -1.43. The first-order valence-corrected chi connectivity index (χ1v) is 8.58. The lowest BCUT2D eigenvalue weighted by molar-refractivity contribution is -0.139. The highest BCUT2D eigenvalue weighted by atomic mass is 16.5. The van der Waals surface area contributed by atoms with Gasteiger partial charge in [-0.25, -0.2) is 0 Å². The van der Waals surface area contributed by atoms with Crippen LogP contribution < -0.4 is 5.32 Å². The molecule has 23 heavy (non-hydrogen) atoms. The van der Waals surface area contributed by atoms with Gasteiger partial charge in [-0.3, -0.25) is 4.79 Å². The Morgan fingerprint density at radius 1 is 1.22 bits per heavy atom. The minimum Gasteiger partial charge on any atom is -0.464 e. The van der Waals surface area contributed by atoms with Gasteiger partial charge in [0.15, 0.2) is 0 Å². The van der Waals surface area contributed by atoms with Crippen LogP contribution in [0.15, 0.2) is 30.3 Å². The van der Waals surface area contributed by atoms with Crippen molar-refractivity contribution in [3.05, 3.63) is 35.9 Å². The molecule has 2 saturated heterocycles. The fourth-order valence-corrected chi connectivity index (χ4v) is 3.39. The standard InChI is InChI=1S/C18H26N2O3/c21-17(15-4-2-1-3-5-15)13-20-9-6-14(7-10-20)12-19-16-8-11-23-18(16)22/h1-5,14,16-17,19,21H,6-13H2/t16-,17-/m1/s1. The minimum absolute atomic E-state index is 0.103. The number of nitrogens with one attached hydrogen (secondary N) is 1. The first-order chi connectivity index (χ1) is 11.2. The number of ether oxygens (including phenoxy) is 1. The molecule has 0 saturated carbocycles. The normalized spacial score (nSPS) is 24.6. The summed E-state index contributed by atoms with van der Waals surface area (Å²) >= 11 is 0. The molecule has 3 rings (SSSR count). The summed E-state index contributed by atoms with van der Waals surface area (Å²) in [4.78, 5) is 13.8. The van der Waals surface area contributed by atoms with E-state index in [1.54, 1.807) is 0 Å². The largest absolute Gasteiger partial charge is 0.464 e. The smallest absolute Gasteiger partial charge is 0.323 e. The van der Waals surface area contributed by atoms with Crippen LogP contribution in [0.2, 0.25) is 0 Å². The average Bonchev–Trinajstić information content (AvgIpc) is 3.00. The van der Waals surface area contributed by atoms with E-state index in [0.717, 1.165) is 44.5 Å². The second-order valence-corrected chi connectivity index (χ2v) is 6.59. The van der Waals surface area contributed by atoms with Crippen molar-refractivity contribution in [1.29, 1.82) is 0 Å². The van der Waals surface area contributed by atoms with Crippen molar-refractivity contribution in [3.63, 3.8) is 0 Å². The highest BCUT2D eigenvalue weighted by molar-refractivity contribution is 5.77. The predicted molar refractivity (Wildman–Crippen MR) is 87.9 cm³/mol. The van der Waals surface area contributed by atoms with Crippen molar-refractivity contribution in [2.75, 3.05) is 32.8 Å². The third-order valence-corrected chi connectivity index (χ3v) is 4.91. The molecule has 2 fully saturated rings. The van der Waals surface area contributed by atoms with E-state index >= 15 is 0 Å². The van der Waals surface area contributed by atoms with E-state index in [-0.39, 0.29) is 12.0 Å². The van der Waals surface area contributed by atoms with Crippen molar-refractivity contribution in [1.82, 2.24) is 10.2 Å². The fraction of sp³-hybridized carbons (Fsp3) is 0.611. The Morgan fingerprint density at radius 3 is 2.61 bits per heavy atom. The Balaban J connectivity index is 1.37. The first-order valence-electron chi connectivity index (χ1n) is 8.58. The molecular formula is C18H26N2O3. The lowest BCUT2D eigenvalue weighted by Crippen LogP contribution is -2.42. The van der Waals surface area contributed by atoms with Gasteiger partial charge in [-0.05, 0) is 44.0 Å². The van der Waals surface area contributed by atoms with E-state index in [1.807, 2.05) is 30.3 Å². The van der Waals surface area contributed by atoms with E-state index in [9.17, 15) is 9.90 Å². The average molecular weight is 318 g/mol. The van der Waals surface area contributed by atoms with Gasteiger partial charge in [-0.15, -0.1) is 0 Å². The third kappa shape index (κ3) is 4.53. The molecule has 0 amide bonds. The Kier molecular flexibility index (Phi) is 5.65. The molecule has 0 aliphatic carbocycles. The Morgan fingerprint density at radius 2 is 1.96 bits per heavy atom. The SMILES string of the molecule is O=C1OCC[C@H]1NCC1CCN(C[C@@H](O)c2ccccc2)CC1. The van der Waals surface area contributed by atoms with E-state index < -0.39 is 6.10 Å². The van der Waals surface area contributed by atoms with Crippen molar-refractivity contribution in [2.24, 2.45) is 5.92 Å². The molecule has 1 aromatic carbocycles. The molecule has 0 spiro atoms. The molecule has 2 atom stereocenters. The predicted octanol–water partition coefficient (Wildman–Crippen LogP) is 1.34. The van der Waals surface area contributed by atoms with Gasteiger partial charge in [0.25, 0.3) is 0 Å². The number of carbonyl (C=O) groups excluding carboxylic acids is 1. The molecule has 5 heteroatoms. The van der Waals surface area contributed by atoms with Crippen LogP contribution in [0.25, 0.3) is 0 Å². The number of esters is 1. The Labute approximate surface area is 137 Å². The molecule has 0 aromatic heterocycles. The summed E-state index contributed by atoms with van der Waals surface area (Å²) in [6.45, 7) is 4.14. The quantitative estimate of drug-likeness (QED) is 0.775. The maximum Gasteiger partial charge on any atom is 0.323 e. The number of likely N-dealkylation sites (tertiary alicyclic amines) is 1. The molecule has 126 valence electrons. The number of hydrogen-bond donors (Lipinski definition) is 2. The molecule has 2 aliphatic rings. The summed E-state index contributed by atoms with van der Waals surface area (Å²) in [5.41, 5.74) is 0.982. The molecule has 2 aliphatic heterocycles. The first kappa shape index (κ1) is 16.4. The molecular weight excluding hydrogens is 292 g/mol. The van der Waals surface area contributed by atoms with Gasteiger partial charge in [0.05, 0.1) is 12.7 Å². The summed E-state index contributed by atoms with van der Waals surface area (Å²) in [5.74, 6) is 0.502. The number of aliphatic hydroxyl groups excluding tert-OH is 1. The van der Waals surface area contributed by atoms with Crippen LogP contribution in [0, 0.1) is 5.92 Å². The number of piperidine rings is 1. The molecule has 5 nitrogen and oxygen atoms in total. The molecule has 0 bridgehead atoms. The van der Waals surface area contributed by atoms with Crippen LogP contribution in [0.3, 0.4) is 0 Å². The second-order valence-electron chi connectivity index (χ2n) is 6.59. The number of rotatable bonds is 6. The number of aliphatic hydroxyl groups is 1. The van der Waals surface area contributed by atoms with Crippen molar-refractivity contribution in [2.45, 2.75) is 31.4 Å². The molecule has 2 heterocycles. The topological polar surface area (TPSA) is 61.8 Å². The number of benzene rings is 1. The maximum absolute atomic E-state index is 11.4. The van der Waals surface area contributed by atoms with E-state index in [0.29, 0.717) is 19.1 Å². The van der Waals surface area contributed by atoms with Gasteiger partial charge in [-0.1, -0.05) is 30.3 Å². The summed E-state index contributed by atoms with van der Waals surface area (Å²) in [6.07, 6.45) is 2.59. The van der Waals surface area contributed by atoms with Crippen LogP contribution in [0.5, 0.6) is 0 Å². The van der Waals surface area contributed by atoms with E-state index in [2.05, 4.69) is 10.2 Å². The summed E-state index contributed by atoms with van der Waals surface area (Å²) in [5, 5.41) is 13.6. The van der Waals surface area contributed by atoms with Gasteiger partial charge in [0.2, 0.25) is 0 Å². The van der Waals surface area contributed by atoms with Crippen LogP contribution in [-0.4, -0.2) is 54.8 Å². The van der Waals surface area contributed by atoms with Crippen molar-refractivity contribution in [3.8, 4) is 0 Å². The van der Waals surface area contributed by atoms with Gasteiger partial charge in [0.1, 0.15) is 6.04 Å². The summed E-state index contributed by atoms with van der Waals surface area (Å²) in [6, 6.07) is 9.74. The van der Waals surface area contributed by atoms with Gasteiger partial charge < -0.3 is 20.1 Å². The molecule has 2 N–H and O–H groups in total. The zero-order valence-electron chi connectivity index (χ0n) is 13.5.